The SMILES string of the molecule is COC1CC(C(N)=O)CC1O[N+](=O)[O-]. The van der Waals surface area contributed by atoms with Crippen LogP contribution in [0.25, 0.3) is 0 Å². The van der Waals surface area contributed by atoms with Crippen molar-refractivity contribution >= 4 is 5.91 Å². The summed E-state index contributed by atoms with van der Waals surface area (Å²) in [7, 11) is 1.42. The summed E-state index contributed by atoms with van der Waals surface area (Å²) in [5.74, 6) is -0.869. The van der Waals surface area contributed by atoms with E-state index in [-0.39, 0.29) is 6.42 Å². The lowest BCUT2D eigenvalue weighted by Crippen LogP contribution is -2.27. The van der Waals surface area contributed by atoms with Gasteiger partial charge in [-0.15, -0.1) is 10.1 Å². The first-order valence-corrected chi connectivity index (χ1v) is 4.18. The van der Waals surface area contributed by atoms with Crippen LogP contribution in [0.2, 0.25) is 0 Å². The van der Waals surface area contributed by atoms with Gasteiger partial charge in [0.05, 0.1) is 6.10 Å². The van der Waals surface area contributed by atoms with Crippen molar-refractivity contribution in [3.63, 3.8) is 0 Å². The quantitative estimate of drug-likeness (QED) is 0.489. The Labute approximate surface area is 80.3 Å². The number of amides is 1. The predicted molar refractivity (Wildman–Crippen MR) is 44.6 cm³/mol. The molecule has 0 aliphatic heterocycles. The topological polar surface area (TPSA) is 105 Å². The van der Waals surface area contributed by atoms with Crippen LogP contribution in [-0.2, 0) is 14.4 Å². The van der Waals surface area contributed by atoms with E-state index in [1.165, 1.54) is 7.11 Å². The van der Waals surface area contributed by atoms with Crippen molar-refractivity contribution < 1.29 is 19.5 Å². The average Bonchev–Trinajstić information content (AvgIpc) is 2.46. The minimum Gasteiger partial charge on any atom is -0.379 e. The number of rotatable bonds is 4. The minimum absolute atomic E-state index is 0.245. The molecular formula is C7H12N2O5. The molecule has 7 heteroatoms. The van der Waals surface area contributed by atoms with Gasteiger partial charge in [-0.25, -0.2) is 0 Å². The van der Waals surface area contributed by atoms with Crippen molar-refractivity contribution in [2.24, 2.45) is 11.7 Å². The highest BCUT2D eigenvalue weighted by Gasteiger charge is 2.39. The van der Waals surface area contributed by atoms with E-state index >= 15 is 0 Å². The summed E-state index contributed by atoms with van der Waals surface area (Å²) in [6.07, 6.45) is -0.496. The molecule has 1 aliphatic rings. The van der Waals surface area contributed by atoms with Gasteiger partial charge in [0.25, 0.3) is 5.09 Å². The highest BCUT2D eigenvalue weighted by molar-refractivity contribution is 5.77. The van der Waals surface area contributed by atoms with Crippen molar-refractivity contribution in [1.82, 2.24) is 0 Å². The van der Waals surface area contributed by atoms with Crippen molar-refractivity contribution in [3.05, 3.63) is 10.1 Å². The molecule has 0 radical (unpaired) electrons. The van der Waals surface area contributed by atoms with Crippen LogP contribution >= 0.6 is 0 Å². The Morgan fingerprint density at radius 2 is 2.07 bits per heavy atom. The first-order valence-electron chi connectivity index (χ1n) is 4.18. The molecule has 0 heterocycles. The molecule has 1 aliphatic carbocycles. The van der Waals surface area contributed by atoms with E-state index in [0.717, 1.165) is 0 Å². The zero-order chi connectivity index (χ0) is 10.7. The number of carbonyl (C=O) groups is 1. The summed E-state index contributed by atoms with van der Waals surface area (Å²) >= 11 is 0. The van der Waals surface area contributed by atoms with Crippen molar-refractivity contribution in [2.75, 3.05) is 7.11 Å². The Kier molecular flexibility index (Phi) is 3.23. The fraction of sp³-hybridized carbons (Fsp3) is 0.857. The Hall–Kier alpha value is -1.37. The van der Waals surface area contributed by atoms with Gasteiger partial charge in [-0.3, -0.25) is 4.79 Å². The van der Waals surface area contributed by atoms with Gasteiger partial charge in [0.1, 0.15) is 6.10 Å². The normalized spacial score (nSPS) is 31.4. The lowest BCUT2D eigenvalue weighted by molar-refractivity contribution is -0.770. The highest BCUT2D eigenvalue weighted by atomic mass is 17.0. The van der Waals surface area contributed by atoms with Gasteiger partial charge in [0.2, 0.25) is 5.91 Å². The van der Waals surface area contributed by atoms with Crippen LogP contribution in [0, 0.1) is 16.0 Å². The maximum absolute atomic E-state index is 10.8. The third-order valence-electron chi connectivity index (χ3n) is 2.37. The van der Waals surface area contributed by atoms with Gasteiger partial charge in [-0.2, -0.15) is 0 Å². The third kappa shape index (κ3) is 2.32. The van der Waals surface area contributed by atoms with Gasteiger partial charge in [0.15, 0.2) is 0 Å². The van der Waals surface area contributed by atoms with E-state index < -0.39 is 29.1 Å². The third-order valence-corrected chi connectivity index (χ3v) is 2.37. The number of hydrogen-bond acceptors (Lipinski definition) is 5. The standard InChI is InChI=1S/C7H12N2O5/c1-13-5-2-4(7(8)10)3-6(5)14-9(11)12/h4-6H,2-3H2,1H3,(H2,8,10). The van der Waals surface area contributed by atoms with E-state index in [2.05, 4.69) is 4.84 Å². The molecule has 3 unspecified atom stereocenters. The first-order chi connectivity index (χ1) is 6.54. The molecule has 1 rings (SSSR count). The van der Waals surface area contributed by atoms with Crippen LogP contribution in [0.3, 0.4) is 0 Å². The summed E-state index contributed by atoms with van der Waals surface area (Å²) in [5.41, 5.74) is 5.09. The van der Waals surface area contributed by atoms with E-state index in [1.807, 2.05) is 0 Å². The maximum Gasteiger partial charge on any atom is 0.294 e. The minimum atomic E-state index is -0.875. The number of nitrogens with zero attached hydrogens (tertiary/aromatic N) is 1. The smallest absolute Gasteiger partial charge is 0.294 e. The molecule has 14 heavy (non-hydrogen) atoms. The van der Waals surface area contributed by atoms with Crippen LogP contribution < -0.4 is 5.73 Å². The molecule has 3 atom stereocenters. The number of primary amides is 1. The van der Waals surface area contributed by atoms with Gasteiger partial charge in [-0.1, -0.05) is 0 Å². The van der Waals surface area contributed by atoms with Crippen molar-refractivity contribution in [3.8, 4) is 0 Å². The number of methoxy groups -OCH3 is 1. The molecule has 80 valence electrons. The second-order valence-corrected chi connectivity index (χ2v) is 3.21. The van der Waals surface area contributed by atoms with Crippen LogP contribution in [0.15, 0.2) is 0 Å². The van der Waals surface area contributed by atoms with E-state index in [0.29, 0.717) is 6.42 Å². The van der Waals surface area contributed by atoms with Crippen LogP contribution in [0.1, 0.15) is 12.8 Å². The molecule has 1 amide bonds. The molecule has 0 aromatic rings. The van der Waals surface area contributed by atoms with Gasteiger partial charge >= 0.3 is 0 Å². The number of ether oxygens (including phenoxy) is 1. The van der Waals surface area contributed by atoms with Crippen LogP contribution in [0.4, 0.5) is 0 Å². The molecular weight excluding hydrogens is 192 g/mol. The molecule has 0 aromatic carbocycles. The van der Waals surface area contributed by atoms with Gasteiger partial charge < -0.3 is 15.3 Å². The maximum atomic E-state index is 10.8. The fourth-order valence-electron chi connectivity index (χ4n) is 1.66. The Bertz CT molecular complexity index is 244. The van der Waals surface area contributed by atoms with Crippen molar-refractivity contribution in [2.45, 2.75) is 25.0 Å². The number of nitrogens with two attached hydrogens (primary N) is 1. The van der Waals surface area contributed by atoms with Gasteiger partial charge in [-0.05, 0) is 12.8 Å². The van der Waals surface area contributed by atoms with E-state index in [9.17, 15) is 14.9 Å². The van der Waals surface area contributed by atoms with Crippen LogP contribution in [0.5, 0.6) is 0 Å². The molecule has 0 aromatic heterocycles. The average molecular weight is 204 g/mol. The highest BCUT2D eigenvalue weighted by Crippen LogP contribution is 2.29. The van der Waals surface area contributed by atoms with E-state index in [1.54, 1.807) is 0 Å². The van der Waals surface area contributed by atoms with E-state index in [4.69, 9.17) is 10.5 Å². The largest absolute Gasteiger partial charge is 0.379 e. The Morgan fingerprint density at radius 1 is 1.50 bits per heavy atom. The fourth-order valence-corrected chi connectivity index (χ4v) is 1.66. The monoisotopic (exact) mass is 204 g/mol. The molecule has 0 bridgehead atoms. The van der Waals surface area contributed by atoms with Crippen molar-refractivity contribution in [1.29, 1.82) is 0 Å². The molecule has 0 saturated heterocycles. The zero-order valence-corrected chi connectivity index (χ0v) is 7.71. The molecule has 1 saturated carbocycles. The first kappa shape index (κ1) is 10.7. The summed E-state index contributed by atoms with van der Waals surface area (Å²) in [6, 6.07) is 0. The summed E-state index contributed by atoms with van der Waals surface area (Å²) < 4.78 is 4.97. The number of carbonyl (C=O) groups excluding carboxylic acids is 1. The lowest BCUT2D eigenvalue weighted by Gasteiger charge is -2.14. The molecule has 1 fully saturated rings. The molecule has 7 nitrogen and oxygen atoms in total. The second-order valence-electron chi connectivity index (χ2n) is 3.21. The Morgan fingerprint density at radius 3 is 2.50 bits per heavy atom. The second kappa shape index (κ2) is 4.23. The summed E-state index contributed by atoms with van der Waals surface area (Å²) in [5, 5.41) is 9.23. The molecule has 0 spiro atoms. The Balaban J connectivity index is 2.57. The molecule has 2 N–H and O–H groups in total. The predicted octanol–water partition coefficient (Wildman–Crippen LogP) is -0.526. The van der Waals surface area contributed by atoms with Crippen LogP contribution in [-0.4, -0.2) is 30.3 Å². The zero-order valence-electron chi connectivity index (χ0n) is 7.71. The summed E-state index contributed by atoms with van der Waals surface area (Å²) in [6.45, 7) is 0. The lowest BCUT2D eigenvalue weighted by atomic mass is 10.1. The summed E-state index contributed by atoms with van der Waals surface area (Å²) in [4.78, 5) is 25.3. The van der Waals surface area contributed by atoms with Gasteiger partial charge in [0, 0.05) is 13.0 Å². The number of hydrogen-bond donors (Lipinski definition) is 1.